The van der Waals surface area contributed by atoms with Crippen molar-refractivity contribution in [2.45, 2.75) is 19.3 Å². The number of fused-ring (bicyclic) bond motifs is 7. The molecule has 1 aliphatic carbocycles. The first-order valence-corrected chi connectivity index (χ1v) is 8.73. The van der Waals surface area contributed by atoms with Gasteiger partial charge in [-0.15, -0.1) is 13.2 Å². The molecule has 0 N–H and O–H groups in total. The molecule has 0 bridgehead atoms. The second-order valence-electron chi connectivity index (χ2n) is 7.04. The monoisotopic (exact) mass is 322 g/mol. The molecule has 0 aliphatic heterocycles. The first kappa shape index (κ1) is 15.7. The summed E-state index contributed by atoms with van der Waals surface area (Å²) >= 11 is 0. The first-order chi connectivity index (χ1) is 12.2. The number of benzene rings is 4. The van der Waals surface area contributed by atoms with Crippen LogP contribution < -0.4 is 0 Å². The molecule has 0 unspecified atom stereocenters. The fourth-order valence-electron chi connectivity index (χ4n) is 4.27. The Balaban J connectivity index is 0.000000758. The second-order valence-corrected chi connectivity index (χ2v) is 7.04. The molecule has 5 rings (SSSR count). The Morgan fingerprint density at radius 1 is 0.560 bits per heavy atom. The molecule has 25 heavy (non-hydrogen) atoms. The summed E-state index contributed by atoms with van der Waals surface area (Å²) < 4.78 is 0. The van der Waals surface area contributed by atoms with Gasteiger partial charge in [0.1, 0.15) is 0 Å². The van der Waals surface area contributed by atoms with Crippen molar-refractivity contribution in [3.63, 3.8) is 0 Å². The SMILES string of the molecule is C=C.CC1(C)c2ccc3ccccc3c2-c2c1ccc1ccccc21. The molecule has 122 valence electrons. The topological polar surface area (TPSA) is 0 Å². The van der Waals surface area contributed by atoms with Crippen molar-refractivity contribution < 1.29 is 0 Å². The highest BCUT2D eigenvalue weighted by atomic mass is 14.4. The molecule has 0 spiro atoms. The fraction of sp³-hybridized carbons (Fsp3) is 0.120. The van der Waals surface area contributed by atoms with Crippen LogP contribution in [0, 0.1) is 0 Å². The Morgan fingerprint density at radius 2 is 0.960 bits per heavy atom. The van der Waals surface area contributed by atoms with E-state index in [1.54, 1.807) is 0 Å². The highest BCUT2D eigenvalue weighted by Crippen LogP contribution is 2.53. The molecule has 0 aromatic heterocycles. The maximum absolute atomic E-state index is 3.00. The third-order valence-electron chi connectivity index (χ3n) is 5.45. The van der Waals surface area contributed by atoms with E-state index in [4.69, 9.17) is 0 Å². The fourth-order valence-corrected chi connectivity index (χ4v) is 4.27. The Labute approximate surface area is 149 Å². The molecule has 1 aliphatic rings. The Morgan fingerprint density at radius 3 is 1.40 bits per heavy atom. The van der Waals surface area contributed by atoms with Gasteiger partial charge in [-0.2, -0.15) is 0 Å². The molecule has 0 saturated carbocycles. The van der Waals surface area contributed by atoms with Gasteiger partial charge in [-0.25, -0.2) is 0 Å². The van der Waals surface area contributed by atoms with Crippen LogP contribution in [0.1, 0.15) is 25.0 Å². The lowest BCUT2D eigenvalue weighted by molar-refractivity contribution is 0.661. The van der Waals surface area contributed by atoms with E-state index < -0.39 is 0 Å². The molecule has 0 heterocycles. The molecule has 0 heteroatoms. The van der Waals surface area contributed by atoms with E-state index in [9.17, 15) is 0 Å². The van der Waals surface area contributed by atoms with Gasteiger partial charge in [-0.1, -0.05) is 86.6 Å². The van der Waals surface area contributed by atoms with Crippen LogP contribution in [-0.4, -0.2) is 0 Å². The van der Waals surface area contributed by atoms with Crippen LogP contribution in [0.15, 0.2) is 86.0 Å². The normalized spacial score (nSPS) is 13.8. The Kier molecular flexibility index (Phi) is 3.51. The van der Waals surface area contributed by atoms with E-state index in [1.807, 2.05) is 0 Å². The summed E-state index contributed by atoms with van der Waals surface area (Å²) in [5.41, 5.74) is 5.81. The van der Waals surface area contributed by atoms with Gasteiger partial charge in [0.15, 0.2) is 0 Å². The van der Waals surface area contributed by atoms with Gasteiger partial charge in [0.2, 0.25) is 0 Å². The molecule has 0 fully saturated rings. The van der Waals surface area contributed by atoms with Gasteiger partial charge in [0.05, 0.1) is 0 Å². The van der Waals surface area contributed by atoms with E-state index in [0.29, 0.717) is 0 Å². The summed E-state index contributed by atoms with van der Waals surface area (Å²) in [5.74, 6) is 0. The van der Waals surface area contributed by atoms with Gasteiger partial charge in [-0.3, -0.25) is 0 Å². The van der Waals surface area contributed by atoms with Gasteiger partial charge in [0, 0.05) is 5.41 Å². The van der Waals surface area contributed by atoms with Crippen molar-refractivity contribution >= 4 is 21.5 Å². The van der Waals surface area contributed by atoms with E-state index in [2.05, 4.69) is 99.8 Å². The summed E-state index contributed by atoms with van der Waals surface area (Å²) in [6, 6.07) is 26.7. The molecular formula is C25H22. The van der Waals surface area contributed by atoms with Crippen LogP contribution in [0.2, 0.25) is 0 Å². The summed E-state index contributed by atoms with van der Waals surface area (Å²) in [4.78, 5) is 0. The number of hydrogen-bond acceptors (Lipinski definition) is 0. The van der Waals surface area contributed by atoms with Crippen LogP contribution in [-0.2, 0) is 5.41 Å². The van der Waals surface area contributed by atoms with Crippen LogP contribution in [0.5, 0.6) is 0 Å². The zero-order valence-electron chi connectivity index (χ0n) is 14.8. The van der Waals surface area contributed by atoms with Gasteiger partial charge >= 0.3 is 0 Å². The molecule has 0 saturated heterocycles. The minimum absolute atomic E-state index is 0.0543. The van der Waals surface area contributed by atoms with E-state index >= 15 is 0 Å². The smallest absolute Gasteiger partial charge is 0.0159 e. The minimum atomic E-state index is 0.0543. The van der Waals surface area contributed by atoms with Gasteiger partial charge in [-0.05, 0) is 43.8 Å². The van der Waals surface area contributed by atoms with Crippen molar-refractivity contribution in [1.29, 1.82) is 0 Å². The van der Waals surface area contributed by atoms with Crippen LogP contribution in [0.3, 0.4) is 0 Å². The maximum Gasteiger partial charge on any atom is 0.0159 e. The van der Waals surface area contributed by atoms with Crippen LogP contribution in [0.25, 0.3) is 32.7 Å². The predicted molar refractivity (Wildman–Crippen MR) is 110 cm³/mol. The summed E-state index contributed by atoms with van der Waals surface area (Å²) in [5, 5.41) is 5.38. The quantitative estimate of drug-likeness (QED) is 0.303. The van der Waals surface area contributed by atoms with Crippen molar-refractivity contribution in [3.8, 4) is 11.1 Å². The molecular weight excluding hydrogens is 300 g/mol. The Bertz CT molecular complexity index is 1010. The zero-order chi connectivity index (χ0) is 17.6. The summed E-state index contributed by atoms with van der Waals surface area (Å²) in [6.07, 6.45) is 0. The van der Waals surface area contributed by atoms with Crippen molar-refractivity contribution in [3.05, 3.63) is 97.1 Å². The summed E-state index contributed by atoms with van der Waals surface area (Å²) in [7, 11) is 0. The third-order valence-corrected chi connectivity index (χ3v) is 5.45. The largest absolute Gasteiger partial charge is 0.106 e. The van der Waals surface area contributed by atoms with Crippen molar-refractivity contribution in [2.24, 2.45) is 0 Å². The lowest BCUT2D eigenvalue weighted by Gasteiger charge is -2.21. The highest BCUT2D eigenvalue weighted by molar-refractivity contribution is 6.10. The Hall–Kier alpha value is -2.86. The molecule has 4 aromatic rings. The second kappa shape index (κ2) is 5.60. The third kappa shape index (κ3) is 2.07. The highest BCUT2D eigenvalue weighted by Gasteiger charge is 2.37. The number of hydrogen-bond donors (Lipinski definition) is 0. The van der Waals surface area contributed by atoms with E-state index in [0.717, 1.165) is 0 Å². The van der Waals surface area contributed by atoms with Gasteiger partial charge < -0.3 is 0 Å². The predicted octanol–water partition coefficient (Wildman–Crippen LogP) is 7.10. The van der Waals surface area contributed by atoms with Crippen LogP contribution >= 0.6 is 0 Å². The summed E-state index contributed by atoms with van der Waals surface area (Å²) in [6.45, 7) is 10.7. The molecule has 4 aromatic carbocycles. The van der Waals surface area contributed by atoms with Gasteiger partial charge in [0.25, 0.3) is 0 Å². The zero-order valence-corrected chi connectivity index (χ0v) is 14.8. The molecule has 0 atom stereocenters. The minimum Gasteiger partial charge on any atom is -0.106 e. The molecule has 0 amide bonds. The van der Waals surface area contributed by atoms with Crippen molar-refractivity contribution in [2.75, 3.05) is 0 Å². The van der Waals surface area contributed by atoms with Crippen molar-refractivity contribution in [1.82, 2.24) is 0 Å². The standard InChI is InChI=1S/C23H18.C2H4/c1-23(2)19-13-11-15-7-3-5-9-17(15)21(19)22-18-10-6-4-8-16(18)12-14-20(22)23;1-2/h3-14H,1-2H3;1-2H2. The average Bonchev–Trinajstić information content (AvgIpc) is 2.91. The lowest BCUT2D eigenvalue weighted by Crippen LogP contribution is -2.14. The maximum atomic E-state index is 3.00. The first-order valence-electron chi connectivity index (χ1n) is 8.73. The molecule has 0 nitrogen and oxygen atoms in total. The lowest BCUT2D eigenvalue weighted by atomic mass is 9.82. The van der Waals surface area contributed by atoms with Crippen LogP contribution in [0.4, 0.5) is 0 Å². The average molecular weight is 322 g/mol. The van der Waals surface area contributed by atoms with E-state index in [1.165, 1.54) is 43.8 Å². The molecule has 0 radical (unpaired) electrons. The number of rotatable bonds is 0. The van der Waals surface area contributed by atoms with E-state index in [-0.39, 0.29) is 5.41 Å².